The minimum atomic E-state index is -1.43. The Hall–Kier alpha value is -2.52. The highest BCUT2D eigenvalue weighted by atomic mass is 35.5. The fourth-order valence-corrected chi connectivity index (χ4v) is 6.46. The first-order valence-electron chi connectivity index (χ1n) is 13.5. The number of aliphatic hydroxyl groups excluding tert-OH is 3. The second-order valence-electron chi connectivity index (χ2n) is 10.6. The molecule has 2 aliphatic rings. The van der Waals surface area contributed by atoms with Crippen LogP contribution in [-0.2, 0) is 19.1 Å². The molecule has 3 N–H and O–H groups in total. The van der Waals surface area contributed by atoms with Gasteiger partial charge in [-0.25, -0.2) is 4.68 Å². The Morgan fingerprint density at radius 2 is 1.77 bits per heavy atom. The summed E-state index contributed by atoms with van der Waals surface area (Å²) in [6.07, 6.45) is -4.78. The molecule has 1 aromatic heterocycles. The third-order valence-electron chi connectivity index (χ3n) is 7.81. The number of rotatable bonds is 7. The predicted molar refractivity (Wildman–Crippen MR) is 163 cm³/mol. The van der Waals surface area contributed by atoms with Crippen molar-refractivity contribution in [1.29, 1.82) is 0 Å². The van der Waals surface area contributed by atoms with E-state index in [9.17, 15) is 24.9 Å². The molecule has 3 aromatic rings. The molecule has 236 valence electrons. The lowest BCUT2D eigenvalue weighted by Gasteiger charge is -2.45. The predicted octanol–water partition coefficient (Wildman–Crippen LogP) is 2.86. The zero-order valence-electron chi connectivity index (χ0n) is 23.4. The van der Waals surface area contributed by atoms with Crippen LogP contribution in [0.5, 0.6) is 0 Å². The molecule has 0 radical (unpaired) electrons. The number of β-amino-alcohol motifs (C(OH)–C–C–N with tert-alkyl or cyclic N) is 1. The fourth-order valence-electron chi connectivity index (χ4n) is 5.65. The van der Waals surface area contributed by atoms with Gasteiger partial charge in [-0.3, -0.25) is 9.59 Å². The molecule has 2 fully saturated rings. The van der Waals surface area contributed by atoms with E-state index in [1.807, 2.05) is 0 Å². The first-order chi connectivity index (χ1) is 20.9. The highest BCUT2D eigenvalue weighted by Crippen LogP contribution is 2.37. The maximum Gasteiger partial charge on any atom is 0.259 e. The van der Waals surface area contributed by atoms with Crippen LogP contribution >= 0.6 is 46.4 Å². The highest BCUT2D eigenvalue weighted by molar-refractivity contribution is 6.42. The maximum atomic E-state index is 14.5. The molecule has 5 rings (SSSR count). The molecule has 0 spiro atoms. The first kappa shape index (κ1) is 32.9. The van der Waals surface area contributed by atoms with E-state index in [1.165, 1.54) is 46.7 Å². The average molecular weight is 689 g/mol. The Labute approximate surface area is 272 Å². The number of likely N-dealkylation sites (tertiary alicyclic amines) is 1. The standard InChI is InChI=1S/C28H29Cl4N5O7/c1-13(39)35-10-21(22(40)11-35)37(17-7-15(29)6-16(30)8-17)28(42)27-26(43-2)24(25(41)23(12-38)44-27)36-9-20(33-34-36)14-3-4-18(31)19(32)5-14/h3-9,21-27,38,40-41H,10-12H2,1-2H3/t21-,22-,23?,24?,25?,26?,27?/m1/s1. The molecule has 12 nitrogen and oxygen atoms in total. The number of halogens is 4. The minimum absolute atomic E-state index is 0.00560. The molecule has 0 saturated carbocycles. The molecule has 2 aliphatic heterocycles. The number of methoxy groups -OCH3 is 1. The molecule has 2 amide bonds. The van der Waals surface area contributed by atoms with Crippen molar-refractivity contribution >= 4 is 63.9 Å². The molecule has 5 unspecified atom stereocenters. The number of ether oxygens (including phenoxy) is 2. The van der Waals surface area contributed by atoms with Crippen LogP contribution < -0.4 is 4.90 Å². The summed E-state index contributed by atoms with van der Waals surface area (Å²) in [6.45, 7) is 0.737. The zero-order chi connectivity index (χ0) is 31.9. The minimum Gasteiger partial charge on any atom is -0.394 e. The van der Waals surface area contributed by atoms with Crippen molar-refractivity contribution in [3.8, 4) is 11.3 Å². The average Bonchev–Trinajstić information content (AvgIpc) is 3.61. The Bertz CT molecular complexity index is 1520. The van der Waals surface area contributed by atoms with Gasteiger partial charge in [-0.2, -0.15) is 0 Å². The molecule has 16 heteroatoms. The highest BCUT2D eigenvalue weighted by Gasteiger charge is 2.52. The smallest absolute Gasteiger partial charge is 0.259 e. The van der Waals surface area contributed by atoms with Crippen LogP contribution in [0.2, 0.25) is 20.1 Å². The van der Waals surface area contributed by atoms with E-state index in [0.29, 0.717) is 21.3 Å². The van der Waals surface area contributed by atoms with E-state index >= 15 is 0 Å². The van der Waals surface area contributed by atoms with E-state index in [-0.39, 0.29) is 34.7 Å². The lowest BCUT2D eigenvalue weighted by atomic mass is 9.91. The quantitative estimate of drug-likeness (QED) is 0.341. The topological polar surface area (TPSA) is 150 Å². The molecule has 2 aromatic carbocycles. The van der Waals surface area contributed by atoms with Gasteiger partial charge >= 0.3 is 0 Å². The van der Waals surface area contributed by atoms with Gasteiger partial charge in [0, 0.05) is 48.4 Å². The summed E-state index contributed by atoms with van der Waals surface area (Å²) in [5, 5.41) is 42.0. The third-order valence-corrected chi connectivity index (χ3v) is 8.99. The van der Waals surface area contributed by atoms with Gasteiger partial charge in [0.1, 0.15) is 30.0 Å². The van der Waals surface area contributed by atoms with Crippen molar-refractivity contribution in [2.45, 2.75) is 49.5 Å². The normalized spacial score (nSPS) is 27.0. The summed E-state index contributed by atoms with van der Waals surface area (Å²) in [6, 6.07) is 7.43. The Kier molecular flexibility index (Phi) is 10.0. The second-order valence-corrected chi connectivity index (χ2v) is 12.3. The van der Waals surface area contributed by atoms with Crippen LogP contribution in [0.3, 0.4) is 0 Å². The van der Waals surface area contributed by atoms with E-state index < -0.39 is 55.1 Å². The van der Waals surface area contributed by atoms with E-state index in [1.54, 1.807) is 24.4 Å². The summed E-state index contributed by atoms with van der Waals surface area (Å²) < 4.78 is 13.1. The Morgan fingerprint density at radius 3 is 2.36 bits per heavy atom. The number of benzene rings is 2. The second kappa shape index (κ2) is 13.5. The molecule has 0 aliphatic carbocycles. The lowest BCUT2D eigenvalue weighted by molar-refractivity contribution is -0.211. The van der Waals surface area contributed by atoms with Crippen molar-refractivity contribution in [3.05, 3.63) is 62.7 Å². The number of nitrogens with zero attached hydrogens (tertiary/aromatic N) is 5. The van der Waals surface area contributed by atoms with Crippen LogP contribution in [0.1, 0.15) is 13.0 Å². The van der Waals surface area contributed by atoms with E-state index in [0.717, 1.165) is 0 Å². The van der Waals surface area contributed by atoms with E-state index in [4.69, 9.17) is 55.9 Å². The summed E-state index contributed by atoms with van der Waals surface area (Å²) in [4.78, 5) is 29.4. The fraction of sp³-hybridized carbons (Fsp3) is 0.429. The van der Waals surface area contributed by atoms with Crippen LogP contribution in [0, 0.1) is 0 Å². The molecule has 44 heavy (non-hydrogen) atoms. The van der Waals surface area contributed by atoms with Gasteiger partial charge in [0.15, 0.2) is 6.10 Å². The van der Waals surface area contributed by atoms with Gasteiger partial charge in [0.2, 0.25) is 5.91 Å². The lowest BCUT2D eigenvalue weighted by Crippen LogP contribution is -2.63. The van der Waals surface area contributed by atoms with Gasteiger partial charge in [-0.15, -0.1) is 5.10 Å². The maximum absolute atomic E-state index is 14.5. The van der Waals surface area contributed by atoms with Crippen molar-refractivity contribution in [2.75, 3.05) is 31.7 Å². The van der Waals surface area contributed by atoms with Crippen molar-refractivity contribution < 1.29 is 34.4 Å². The molecule has 3 heterocycles. The number of hydrogen-bond donors (Lipinski definition) is 3. The van der Waals surface area contributed by atoms with Crippen LogP contribution in [0.25, 0.3) is 11.3 Å². The molecular weight excluding hydrogens is 660 g/mol. The van der Waals surface area contributed by atoms with Crippen molar-refractivity contribution in [1.82, 2.24) is 19.9 Å². The number of anilines is 1. The largest absolute Gasteiger partial charge is 0.394 e. The number of aromatic nitrogens is 3. The number of carbonyl (C=O) groups is 2. The monoisotopic (exact) mass is 687 g/mol. The third kappa shape index (κ3) is 6.41. The molecule has 7 atom stereocenters. The Balaban J connectivity index is 1.55. The SMILES string of the molecule is COC1C(C(=O)N(c2cc(Cl)cc(Cl)c2)[C@@H]2CN(C(C)=O)C[C@H]2O)OC(CO)C(O)C1n1cc(-c2ccc(Cl)c(Cl)c2)nn1. The summed E-state index contributed by atoms with van der Waals surface area (Å²) in [7, 11) is 1.34. The summed E-state index contributed by atoms with van der Waals surface area (Å²) in [5.41, 5.74) is 1.24. The zero-order valence-corrected chi connectivity index (χ0v) is 26.5. The number of hydrogen-bond acceptors (Lipinski definition) is 9. The van der Waals surface area contributed by atoms with Gasteiger partial charge in [-0.05, 0) is 30.3 Å². The number of amides is 2. The van der Waals surface area contributed by atoms with Crippen LogP contribution in [-0.4, -0.2) is 110 Å². The van der Waals surface area contributed by atoms with Gasteiger partial charge in [0.25, 0.3) is 5.91 Å². The molecule has 0 bridgehead atoms. The Morgan fingerprint density at radius 1 is 1.07 bits per heavy atom. The summed E-state index contributed by atoms with van der Waals surface area (Å²) >= 11 is 24.8. The first-order valence-corrected chi connectivity index (χ1v) is 15.0. The number of aliphatic hydroxyl groups is 3. The molecular formula is C28H29Cl4N5O7. The van der Waals surface area contributed by atoms with Gasteiger partial charge in [-0.1, -0.05) is 57.7 Å². The van der Waals surface area contributed by atoms with Gasteiger partial charge < -0.3 is 34.6 Å². The van der Waals surface area contributed by atoms with Gasteiger partial charge in [0.05, 0.1) is 35.0 Å². The van der Waals surface area contributed by atoms with Crippen LogP contribution in [0.4, 0.5) is 5.69 Å². The van der Waals surface area contributed by atoms with Crippen molar-refractivity contribution in [2.24, 2.45) is 0 Å². The van der Waals surface area contributed by atoms with Crippen molar-refractivity contribution in [3.63, 3.8) is 0 Å². The van der Waals surface area contributed by atoms with Crippen LogP contribution in [0.15, 0.2) is 42.6 Å². The molecule has 2 saturated heterocycles. The number of carbonyl (C=O) groups excluding carboxylic acids is 2. The van der Waals surface area contributed by atoms with E-state index in [2.05, 4.69) is 10.3 Å². The summed E-state index contributed by atoms with van der Waals surface area (Å²) in [5.74, 6) is -0.968.